The lowest BCUT2D eigenvalue weighted by Gasteiger charge is -2.21. The molecule has 1 aromatic carbocycles. The van der Waals surface area contributed by atoms with Crippen LogP contribution in [0.2, 0.25) is 0 Å². The molecule has 0 aliphatic heterocycles. The third kappa shape index (κ3) is 7.44. The van der Waals surface area contributed by atoms with Crippen molar-refractivity contribution in [3.05, 3.63) is 35.6 Å². The first-order valence-corrected chi connectivity index (χ1v) is 7.81. The lowest BCUT2D eigenvalue weighted by molar-refractivity contribution is -0.130. The molecule has 134 valence electrons. The normalized spacial score (nSPS) is 12.5. The third-order valence-corrected chi connectivity index (χ3v) is 3.49. The number of carbonyl (C=O) groups is 3. The molecular formula is C17H21FN4O3. The molecule has 2 atom stereocenters. The summed E-state index contributed by atoms with van der Waals surface area (Å²) in [6.07, 6.45) is 1.02. The van der Waals surface area contributed by atoms with Gasteiger partial charge in [0.15, 0.2) is 0 Å². The predicted octanol–water partition coefficient (Wildman–Crippen LogP) is 0.537. The highest BCUT2D eigenvalue weighted by Crippen LogP contribution is 2.07. The van der Waals surface area contributed by atoms with Crippen LogP contribution in [-0.4, -0.2) is 29.8 Å². The Morgan fingerprint density at radius 2 is 1.84 bits per heavy atom. The van der Waals surface area contributed by atoms with Crippen LogP contribution in [0, 0.1) is 17.1 Å². The van der Waals surface area contributed by atoms with Crippen LogP contribution < -0.4 is 16.4 Å². The van der Waals surface area contributed by atoms with Crippen LogP contribution >= 0.6 is 0 Å². The lowest BCUT2D eigenvalue weighted by Crippen LogP contribution is -2.53. The summed E-state index contributed by atoms with van der Waals surface area (Å²) in [5.74, 6) is -2.10. The number of hydrogen-bond acceptors (Lipinski definition) is 4. The SMILES string of the molecule is CC(=O)N[C@H](Cc1ccc(F)cc1)C(=O)N[C@@H](CCCC#N)C(N)=O. The van der Waals surface area contributed by atoms with E-state index in [4.69, 9.17) is 11.0 Å². The van der Waals surface area contributed by atoms with E-state index in [1.54, 1.807) is 0 Å². The molecule has 7 nitrogen and oxygen atoms in total. The van der Waals surface area contributed by atoms with Gasteiger partial charge in [-0.2, -0.15) is 5.26 Å². The zero-order valence-electron chi connectivity index (χ0n) is 13.9. The van der Waals surface area contributed by atoms with Gasteiger partial charge < -0.3 is 16.4 Å². The van der Waals surface area contributed by atoms with Gasteiger partial charge in [0.25, 0.3) is 0 Å². The van der Waals surface area contributed by atoms with Crippen molar-refractivity contribution < 1.29 is 18.8 Å². The fourth-order valence-corrected chi connectivity index (χ4v) is 2.25. The molecule has 1 rings (SSSR count). The average Bonchev–Trinajstić information content (AvgIpc) is 2.54. The number of nitriles is 1. The number of hydrogen-bond donors (Lipinski definition) is 3. The first-order valence-electron chi connectivity index (χ1n) is 7.81. The van der Waals surface area contributed by atoms with Crippen molar-refractivity contribution in [2.24, 2.45) is 5.73 Å². The number of nitrogens with two attached hydrogens (primary N) is 1. The van der Waals surface area contributed by atoms with Gasteiger partial charge in [-0.05, 0) is 30.5 Å². The minimum absolute atomic E-state index is 0.134. The number of rotatable bonds is 9. The van der Waals surface area contributed by atoms with Crippen LogP contribution in [0.3, 0.4) is 0 Å². The molecule has 25 heavy (non-hydrogen) atoms. The number of amides is 3. The minimum Gasteiger partial charge on any atom is -0.368 e. The smallest absolute Gasteiger partial charge is 0.243 e. The maximum Gasteiger partial charge on any atom is 0.243 e. The van der Waals surface area contributed by atoms with Crippen molar-refractivity contribution in [2.45, 2.75) is 44.7 Å². The fraction of sp³-hybridized carbons (Fsp3) is 0.412. The van der Waals surface area contributed by atoms with Crippen LogP contribution in [0.5, 0.6) is 0 Å². The molecule has 0 aromatic heterocycles. The number of halogens is 1. The summed E-state index contributed by atoms with van der Waals surface area (Å²) in [4.78, 5) is 35.2. The van der Waals surface area contributed by atoms with Crippen molar-refractivity contribution in [3.8, 4) is 6.07 Å². The Balaban J connectivity index is 2.80. The van der Waals surface area contributed by atoms with Gasteiger partial charge in [-0.1, -0.05) is 12.1 Å². The Hall–Kier alpha value is -2.95. The molecule has 0 spiro atoms. The van der Waals surface area contributed by atoms with Crippen LogP contribution in [0.4, 0.5) is 4.39 Å². The first kappa shape index (κ1) is 20.1. The minimum atomic E-state index is -0.930. The zero-order chi connectivity index (χ0) is 18.8. The second-order valence-electron chi connectivity index (χ2n) is 5.60. The topological polar surface area (TPSA) is 125 Å². The molecule has 0 aliphatic rings. The predicted molar refractivity (Wildman–Crippen MR) is 88.3 cm³/mol. The molecule has 0 unspecified atom stereocenters. The Kier molecular flexibility index (Phi) is 8.06. The summed E-state index contributed by atoms with van der Waals surface area (Å²) in [5, 5.41) is 13.5. The Morgan fingerprint density at radius 3 is 2.36 bits per heavy atom. The first-order chi connectivity index (χ1) is 11.8. The molecule has 1 aromatic rings. The van der Waals surface area contributed by atoms with E-state index in [0.717, 1.165) is 0 Å². The van der Waals surface area contributed by atoms with Crippen LogP contribution in [0.25, 0.3) is 0 Å². The summed E-state index contributed by atoms with van der Waals surface area (Å²) >= 11 is 0. The van der Waals surface area contributed by atoms with E-state index in [9.17, 15) is 18.8 Å². The van der Waals surface area contributed by atoms with E-state index in [0.29, 0.717) is 12.0 Å². The van der Waals surface area contributed by atoms with Crippen LogP contribution in [0.15, 0.2) is 24.3 Å². The number of nitrogens with one attached hydrogen (secondary N) is 2. The van der Waals surface area contributed by atoms with Crippen molar-refractivity contribution in [3.63, 3.8) is 0 Å². The molecule has 8 heteroatoms. The molecule has 0 saturated carbocycles. The molecule has 0 radical (unpaired) electrons. The van der Waals surface area contributed by atoms with Gasteiger partial charge in [-0.3, -0.25) is 14.4 Å². The number of unbranched alkanes of at least 4 members (excludes halogenated alkanes) is 1. The summed E-state index contributed by atoms with van der Waals surface area (Å²) in [7, 11) is 0. The standard InChI is InChI=1S/C17H21FN4O3/c1-11(23)21-15(10-12-5-7-13(18)8-6-12)17(25)22-14(16(20)24)4-2-3-9-19/h5-8,14-15H,2-4,10H2,1H3,(H2,20,24)(H,21,23)(H,22,25)/t14-,15+/m0/s1. The van der Waals surface area contributed by atoms with Crippen molar-refractivity contribution in [1.29, 1.82) is 5.26 Å². The Morgan fingerprint density at radius 1 is 1.20 bits per heavy atom. The highest BCUT2D eigenvalue weighted by molar-refractivity contribution is 5.91. The number of carbonyl (C=O) groups excluding carboxylic acids is 3. The van der Waals surface area contributed by atoms with E-state index in [1.807, 2.05) is 6.07 Å². The van der Waals surface area contributed by atoms with E-state index < -0.39 is 35.6 Å². The van der Waals surface area contributed by atoms with Gasteiger partial charge in [0, 0.05) is 19.8 Å². The van der Waals surface area contributed by atoms with E-state index in [2.05, 4.69) is 10.6 Å². The molecular weight excluding hydrogens is 327 g/mol. The molecule has 4 N–H and O–H groups in total. The molecule has 0 aliphatic carbocycles. The lowest BCUT2D eigenvalue weighted by atomic mass is 10.0. The highest BCUT2D eigenvalue weighted by atomic mass is 19.1. The van der Waals surface area contributed by atoms with E-state index in [1.165, 1.54) is 31.2 Å². The molecule has 0 fully saturated rings. The summed E-state index contributed by atoms with van der Waals surface area (Å²) in [6, 6.07) is 5.63. The summed E-state index contributed by atoms with van der Waals surface area (Å²) in [6.45, 7) is 1.27. The second kappa shape index (κ2) is 10.0. The van der Waals surface area contributed by atoms with Gasteiger partial charge in [0.2, 0.25) is 17.7 Å². The summed E-state index contributed by atoms with van der Waals surface area (Å²) < 4.78 is 13.0. The van der Waals surface area contributed by atoms with Gasteiger partial charge in [0.1, 0.15) is 17.9 Å². The molecule has 3 amide bonds. The number of primary amides is 1. The fourth-order valence-electron chi connectivity index (χ4n) is 2.25. The van der Waals surface area contributed by atoms with E-state index >= 15 is 0 Å². The quantitative estimate of drug-likeness (QED) is 0.563. The molecule has 0 bridgehead atoms. The van der Waals surface area contributed by atoms with Crippen molar-refractivity contribution in [2.75, 3.05) is 0 Å². The Labute approximate surface area is 145 Å². The number of benzene rings is 1. The van der Waals surface area contributed by atoms with Gasteiger partial charge in [-0.25, -0.2) is 4.39 Å². The molecule has 0 saturated heterocycles. The van der Waals surface area contributed by atoms with E-state index in [-0.39, 0.29) is 19.3 Å². The highest BCUT2D eigenvalue weighted by Gasteiger charge is 2.25. The van der Waals surface area contributed by atoms with Gasteiger partial charge in [0.05, 0.1) is 6.07 Å². The monoisotopic (exact) mass is 348 g/mol. The summed E-state index contributed by atoms with van der Waals surface area (Å²) in [5.41, 5.74) is 5.92. The maximum absolute atomic E-state index is 13.0. The third-order valence-electron chi connectivity index (χ3n) is 3.49. The van der Waals surface area contributed by atoms with Gasteiger partial charge in [-0.15, -0.1) is 0 Å². The second-order valence-corrected chi connectivity index (χ2v) is 5.60. The van der Waals surface area contributed by atoms with Crippen LogP contribution in [-0.2, 0) is 20.8 Å². The maximum atomic E-state index is 13.0. The Bertz CT molecular complexity index is 655. The average molecular weight is 348 g/mol. The largest absolute Gasteiger partial charge is 0.368 e. The number of nitrogens with zero attached hydrogens (tertiary/aromatic N) is 1. The van der Waals surface area contributed by atoms with Crippen molar-refractivity contribution in [1.82, 2.24) is 10.6 Å². The van der Waals surface area contributed by atoms with Crippen LogP contribution in [0.1, 0.15) is 31.7 Å². The molecule has 0 heterocycles. The zero-order valence-corrected chi connectivity index (χ0v) is 13.9. The van der Waals surface area contributed by atoms with Gasteiger partial charge >= 0.3 is 0 Å². The van der Waals surface area contributed by atoms with Crippen molar-refractivity contribution >= 4 is 17.7 Å².